The van der Waals surface area contributed by atoms with Gasteiger partial charge in [-0.15, -0.1) is 0 Å². The molecule has 0 fully saturated rings. The zero-order valence-electron chi connectivity index (χ0n) is 13.9. The van der Waals surface area contributed by atoms with E-state index in [0.717, 1.165) is 17.8 Å². The topological polar surface area (TPSA) is 38.1 Å². The Hall–Kier alpha value is -3.09. The monoisotopic (exact) mass is 359 g/mol. The average molecular weight is 359 g/mol. The first-order valence-corrected chi connectivity index (χ1v) is 7.86. The molecule has 0 bridgehead atoms. The van der Waals surface area contributed by atoms with Gasteiger partial charge in [0, 0.05) is 31.5 Å². The third-order valence-corrected chi connectivity index (χ3v) is 3.93. The molecule has 0 saturated carbocycles. The molecule has 4 nitrogen and oxygen atoms in total. The van der Waals surface area contributed by atoms with Crippen LogP contribution in [0.15, 0.2) is 67.0 Å². The molecular formula is C19H16F3N3O. The van der Waals surface area contributed by atoms with E-state index in [9.17, 15) is 18.0 Å². The molecule has 0 aliphatic carbocycles. The van der Waals surface area contributed by atoms with Crippen LogP contribution in [0.25, 0.3) is 5.69 Å². The van der Waals surface area contributed by atoms with Crippen LogP contribution in [0, 0.1) is 0 Å². The summed E-state index contributed by atoms with van der Waals surface area (Å²) in [6.07, 6.45) is -0.902. The standard InChI is InChI=1S/C19H16F3N3O/c1-24(13-14-3-7-16(8-4-14)19(20,21)22)18(26)15-5-9-17(10-6-15)25-12-2-11-23-25/h2-12H,13H2,1H3. The molecule has 3 rings (SSSR count). The Bertz CT molecular complexity index is 870. The first kappa shape index (κ1) is 17.7. The van der Waals surface area contributed by atoms with Crippen LogP contribution in [0.2, 0.25) is 0 Å². The summed E-state index contributed by atoms with van der Waals surface area (Å²) in [4.78, 5) is 14.0. The minimum Gasteiger partial charge on any atom is -0.337 e. The molecule has 134 valence electrons. The predicted molar refractivity (Wildman–Crippen MR) is 90.8 cm³/mol. The maximum Gasteiger partial charge on any atom is 0.416 e. The molecule has 0 N–H and O–H groups in total. The molecule has 0 radical (unpaired) electrons. The molecular weight excluding hydrogens is 343 g/mol. The van der Waals surface area contributed by atoms with Crippen LogP contribution in [0.4, 0.5) is 13.2 Å². The van der Waals surface area contributed by atoms with E-state index in [-0.39, 0.29) is 12.5 Å². The summed E-state index contributed by atoms with van der Waals surface area (Å²) < 4.78 is 39.5. The molecule has 2 aromatic carbocycles. The molecule has 1 amide bonds. The molecule has 7 heteroatoms. The van der Waals surface area contributed by atoms with Crippen LogP contribution in [-0.2, 0) is 12.7 Å². The summed E-state index contributed by atoms with van der Waals surface area (Å²) in [6, 6.07) is 13.6. The van der Waals surface area contributed by atoms with Crippen molar-refractivity contribution in [2.45, 2.75) is 12.7 Å². The number of nitrogens with zero attached hydrogens (tertiary/aromatic N) is 3. The highest BCUT2D eigenvalue weighted by molar-refractivity contribution is 5.94. The molecule has 0 spiro atoms. The summed E-state index contributed by atoms with van der Waals surface area (Å²) in [5.41, 5.74) is 1.25. The lowest BCUT2D eigenvalue weighted by molar-refractivity contribution is -0.137. The quantitative estimate of drug-likeness (QED) is 0.701. The number of halogens is 3. The number of carbonyl (C=O) groups is 1. The predicted octanol–water partition coefficient (Wildman–Crippen LogP) is 4.16. The van der Waals surface area contributed by atoms with Crippen LogP contribution in [-0.4, -0.2) is 27.6 Å². The fourth-order valence-electron chi connectivity index (χ4n) is 2.54. The summed E-state index contributed by atoms with van der Waals surface area (Å²) in [6.45, 7) is 0.220. The van der Waals surface area contributed by atoms with Crippen molar-refractivity contribution < 1.29 is 18.0 Å². The van der Waals surface area contributed by atoms with Gasteiger partial charge in [0.2, 0.25) is 0 Å². The van der Waals surface area contributed by atoms with E-state index >= 15 is 0 Å². The number of amides is 1. The van der Waals surface area contributed by atoms with E-state index < -0.39 is 11.7 Å². The Labute approximate surface area is 148 Å². The largest absolute Gasteiger partial charge is 0.416 e. The van der Waals surface area contributed by atoms with E-state index in [1.807, 2.05) is 0 Å². The molecule has 0 atom stereocenters. The van der Waals surface area contributed by atoms with Crippen molar-refractivity contribution >= 4 is 5.91 Å². The smallest absolute Gasteiger partial charge is 0.337 e. The molecule has 0 saturated heterocycles. The first-order valence-electron chi connectivity index (χ1n) is 7.86. The van der Waals surface area contributed by atoms with E-state index in [4.69, 9.17) is 0 Å². The van der Waals surface area contributed by atoms with Gasteiger partial charge in [0.05, 0.1) is 11.3 Å². The summed E-state index contributed by atoms with van der Waals surface area (Å²) >= 11 is 0. The van der Waals surface area contributed by atoms with Crippen molar-refractivity contribution in [3.05, 3.63) is 83.7 Å². The lowest BCUT2D eigenvalue weighted by atomic mass is 10.1. The van der Waals surface area contributed by atoms with Crippen molar-refractivity contribution in [1.29, 1.82) is 0 Å². The minimum absolute atomic E-state index is 0.211. The van der Waals surface area contributed by atoms with Gasteiger partial charge >= 0.3 is 6.18 Å². The van der Waals surface area contributed by atoms with Crippen molar-refractivity contribution in [2.24, 2.45) is 0 Å². The number of alkyl halides is 3. The van der Waals surface area contributed by atoms with Crippen LogP contribution in [0.5, 0.6) is 0 Å². The Morgan fingerprint density at radius 2 is 1.73 bits per heavy atom. The maximum atomic E-state index is 12.6. The Balaban J connectivity index is 1.67. The molecule has 0 aliphatic heterocycles. The van der Waals surface area contributed by atoms with Gasteiger partial charge in [-0.3, -0.25) is 4.79 Å². The van der Waals surface area contributed by atoms with Crippen LogP contribution < -0.4 is 0 Å². The van der Waals surface area contributed by atoms with E-state index in [0.29, 0.717) is 11.1 Å². The maximum absolute atomic E-state index is 12.6. The Morgan fingerprint density at radius 1 is 1.08 bits per heavy atom. The van der Waals surface area contributed by atoms with E-state index in [1.54, 1.807) is 54.5 Å². The van der Waals surface area contributed by atoms with Crippen molar-refractivity contribution in [2.75, 3.05) is 7.05 Å². The van der Waals surface area contributed by atoms with Gasteiger partial charge < -0.3 is 4.90 Å². The Kier molecular flexibility index (Phi) is 4.79. The number of carbonyl (C=O) groups excluding carboxylic acids is 1. The third kappa shape index (κ3) is 3.93. The van der Waals surface area contributed by atoms with Crippen molar-refractivity contribution in [1.82, 2.24) is 14.7 Å². The van der Waals surface area contributed by atoms with Crippen LogP contribution >= 0.6 is 0 Å². The van der Waals surface area contributed by atoms with Gasteiger partial charge in [-0.2, -0.15) is 18.3 Å². The SMILES string of the molecule is CN(Cc1ccc(C(F)(F)F)cc1)C(=O)c1ccc(-n2cccn2)cc1. The highest BCUT2D eigenvalue weighted by Crippen LogP contribution is 2.29. The van der Waals surface area contributed by atoms with Gasteiger partial charge in [-0.1, -0.05) is 12.1 Å². The van der Waals surface area contributed by atoms with Gasteiger partial charge in [0.1, 0.15) is 0 Å². The zero-order chi connectivity index (χ0) is 18.7. The molecule has 26 heavy (non-hydrogen) atoms. The lowest BCUT2D eigenvalue weighted by Gasteiger charge is -2.18. The molecule has 1 heterocycles. The van der Waals surface area contributed by atoms with Crippen molar-refractivity contribution in [3.8, 4) is 5.69 Å². The molecule has 3 aromatic rings. The summed E-state index contributed by atoms with van der Waals surface area (Å²) in [5.74, 6) is -0.211. The lowest BCUT2D eigenvalue weighted by Crippen LogP contribution is -2.26. The Morgan fingerprint density at radius 3 is 2.27 bits per heavy atom. The summed E-state index contributed by atoms with van der Waals surface area (Å²) in [5, 5.41) is 4.12. The highest BCUT2D eigenvalue weighted by atomic mass is 19.4. The van der Waals surface area contributed by atoms with Crippen LogP contribution in [0.3, 0.4) is 0 Å². The molecule has 0 aliphatic rings. The van der Waals surface area contributed by atoms with Gasteiger partial charge in [-0.05, 0) is 48.0 Å². The minimum atomic E-state index is -4.36. The summed E-state index contributed by atoms with van der Waals surface area (Å²) in [7, 11) is 1.61. The van der Waals surface area contributed by atoms with Gasteiger partial charge in [0.15, 0.2) is 0 Å². The van der Waals surface area contributed by atoms with Gasteiger partial charge in [0.25, 0.3) is 5.91 Å². The van der Waals surface area contributed by atoms with E-state index in [2.05, 4.69) is 5.10 Å². The fourth-order valence-corrected chi connectivity index (χ4v) is 2.54. The number of benzene rings is 2. The first-order chi connectivity index (χ1) is 12.3. The fraction of sp³-hybridized carbons (Fsp3) is 0.158. The van der Waals surface area contributed by atoms with Crippen molar-refractivity contribution in [3.63, 3.8) is 0 Å². The number of hydrogen-bond donors (Lipinski definition) is 0. The second-order valence-corrected chi connectivity index (χ2v) is 5.85. The third-order valence-electron chi connectivity index (χ3n) is 3.93. The second kappa shape index (κ2) is 7.03. The number of aromatic nitrogens is 2. The number of rotatable bonds is 4. The normalized spacial score (nSPS) is 11.4. The molecule has 0 unspecified atom stereocenters. The number of hydrogen-bond acceptors (Lipinski definition) is 2. The van der Waals surface area contributed by atoms with Gasteiger partial charge in [-0.25, -0.2) is 4.68 Å². The average Bonchev–Trinajstić information content (AvgIpc) is 3.15. The van der Waals surface area contributed by atoms with Crippen LogP contribution in [0.1, 0.15) is 21.5 Å². The zero-order valence-corrected chi connectivity index (χ0v) is 13.9. The highest BCUT2D eigenvalue weighted by Gasteiger charge is 2.30. The van der Waals surface area contributed by atoms with E-state index in [1.165, 1.54) is 17.0 Å². The second-order valence-electron chi connectivity index (χ2n) is 5.85. The molecule has 1 aromatic heterocycles.